The summed E-state index contributed by atoms with van der Waals surface area (Å²) in [5, 5.41) is 2.40. The van der Waals surface area contributed by atoms with Crippen molar-refractivity contribution in [3.8, 4) is 0 Å². The molecule has 0 spiro atoms. The van der Waals surface area contributed by atoms with Crippen LogP contribution in [-0.4, -0.2) is 22.1 Å². The molecule has 1 aliphatic heterocycles. The molecule has 3 heteroatoms. The van der Waals surface area contributed by atoms with Crippen molar-refractivity contribution in [2.24, 2.45) is 0 Å². The Morgan fingerprint density at radius 2 is 2.06 bits per heavy atom. The molecule has 17 heavy (non-hydrogen) atoms. The van der Waals surface area contributed by atoms with Crippen LogP contribution in [0.1, 0.15) is 44.4 Å². The molecule has 0 aliphatic carbocycles. The van der Waals surface area contributed by atoms with E-state index in [1.807, 2.05) is 12.3 Å². The number of piperidine rings is 1. The highest BCUT2D eigenvalue weighted by atomic mass is 15.5. The van der Waals surface area contributed by atoms with Crippen molar-refractivity contribution in [1.29, 1.82) is 0 Å². The highest BCUT2D eigenvalue weighted by Crippen LogP contribution is 2.20. The summed E-state index contributed by atoms with van der Waals surface area (Å²) < 4.78 is 0. The number of aromatic nitrogens is 1. The molecule has 0 saturated carbocycles. The van der Waals surface area contributed by atoms with Gasteiger partial charge in [0.25, 0.3) is 0 Å². The van der Waals surface area contributed by atoms with Gasteiger partial charge in [0, 0.05) is 18.3 Å². The first kappa shape index (κ1) is 12.5. The molecular weight excluding hydrogens is 210 g/mol. The largest absolute Gasteiger partial charge is 0.260 e. The average molecular weight is 233 g/mol. The Morgan fingerprint density at radius 3 is 2.71 bits per heavy atom. The predicted molar refractivity (Wildman–Crippen MR) is 70.4 cm³/mol. The number of nitrogens with one attached hydrogen (secondary N) is 1. The van der Waals surface area contributed by atoms with Gasteiger partial charge in [0.15, 0.2) is 0 Å². The second kappa shape index (κ2) is 5.61. The van der Waals surface area contributed by atoms with Crippen molar-refractivity contribution in [2.45, 2.75) is 58.7 Å². The van der Waals surface area contributed by atoms with Crippen molar-refractivity contribution < 1.29 is 0 Å². The standard InChI is InChI=1S/C14H23N3/c1-11-6-5-9-15-14(11)10-16-17-12(2)7-4-8-13(17)3/h5-6,9,12-13,16H,4,7-8,10H2,1-3H3. The van der Waals surface area contributed by atoms with Gasteiger partial charge in [-0.3, -0.25) is 4.98 Å². The van der Waals surface area contributed by atoms with E-state index in [-0.39, 0.29) is 0 Å². The minimum Gasteiger partial charge on any atom is -0.260 e. The fraction of sp³-hybridized carbons (Fsp3) is 0.643. The minimum absolute atomic E-state index is 0.628. The van der Waals surface area contributed by atoms with Crippen molar-refractivity contribution in [1.82, 2.24) is 15.4 Å². The van der Waals surface area contributed by atoms with Crippen LogP contribution in [0.2, 0.25) is 0 Å². The van der Waals surface area contributed by atoms with E-state index in [0.29, 0.717) is 12.1 Å². The van der Waals surface area contributed by atoms with Crippen molar-refractivity contribution >= 4 is 0 Å². The van der Waals surface area contributed by atoms with Gasteiger partial charge in [-0.2, -0.15) is 0 Å². The highest BCUT2D eigenvalue weighted by Gasteiger charge is 2.24. The fourth-order valence-corrected chi connectivity index (χ4v) is 2.60. The van der Waals surface area contributed by atoms with Gasteiger partial charge in [-0.15, -0.1) is 0 Å². The maximum absolute atomic E-state index is 4.42. The summed E-state index contributed by atoms with van der Waals surface area (Å²) in [4.78, 5) is 4.42. The van der Waals surface area contributed by atoms with Crippen molar-refractivity contribution in [2.75, 3.05) is 0 Å². The van der Waals surface area contributed by atoms with Crippen molar-refractivity contribution in [3.05, 3.63) is 29.6 Å². The van der Waals surface area contributed by atoms with Crippen LogP contribution in [0.3, 0.4) is 0 Å². The monoisotopic (exact) mass is 233 g/mol. The second-order valence-corrected chi connectivity index (χ2v) is 5.14. The molecule has 2 rings (SSSR count). The number of hydrogen-bond donors (Lipinski definition) is 1. The summed E-state index contributed by atoms with van der Waals surface area (Å²) in [6.07, 6.45) is 5.80. The number of hydrazine groups is 1. The van der Waals surface area contributed by atoms with Crippen LogP contribution >= 0.6 is 0 Å². The molecule has 2 heterocycles. The van der Waals surface area contributed by atoms with Gasteiger partial charge < -0.3 is 0 Å². The van der Waals surface area contributed by atoms with E-state index >= 15 is 0 Å². The molecule has 0 amide bonds. The van der Waals surface area contributed by atoms with Gasteiger partial charge >= 0.3 is 0 Å². The number of rotatable bonds is 3. The SMILES string of the molecule is Cc1cccnc1CNN1C(C)CCCC1C. The van der Waals surface area contributed by atoms with Crippen LogP contribution < -0.4 is 5.43 Å². The zero-order chi connectivity index (χ0) is 12.3. The smallest absolute Gasteiger partial charge is 0.0584 e. The molecule has 0 aromatic carbocycles. The number of nitrogens with zero attached hydrogens (tertiary/aromatic N) is 2. The Kier molecular flexibility index (Phi) is 4.13. The molecule has 3 nitrogen and oxygen atoms in total. The lowest BCUT2D eigenvalue weighted by atomic mass is 10.00. The van der Waals surface area contributed by atoms with E-state index in [9.17, 15) is 0 Å². The summed E-state index contributed by atoms with van der Waals surface area (Å²) in [5.74, 6) is 0. The molecule has 1 aromatic heterocycles. The van der Waals surface area contributed by atoms with Gasteiger partial charge in [0.1, 0.15) is 0 Å². The summed E-state index contributed by atoms with van der Waals surface area (Å²) in [6, 6.07) is 5.36. The first-order chi connectivity index (χ1) is 8.18. The maximum Gasteiger partial charge on any atom is 0.0584 e. The maximum atomic E-state index is 4.42. The Labute approximate surface area is 104 Å². The second-order valence-electron chi connectivity index (χ2n) is 5.14. The van der Waals surface area contributed by atoms with Crippen LogP contribution in [0.5, 0.6) is 0 Å². The molecule has 2 unspecified atom stereocenters. The van der Waals surface area contributed by atoms with E-state index in [1.54, 1.807) is 0 Å². The normalized spacial score (nSPS) is 26.1. The molecule has 1 aliphatic rings. The number of aryl methyl sites for hydroxylation is 1. The molecule has 1 saturated heterocycles. The summed E-state index contributed by atoms with van der Waals surface area (Å²) >= 11 is 0. The zero-order valence-electron chi connectivity index (χ0n) is 11.1. The lowest BCUT2D eigenvalue weighted by molar-refractivity contribution is 0.0430. The average Bonchev–Trinajstić information content (AvgIpc) is 2.30. The molecule has 94 valence electrons. The summed E-state index contributed by atoms with van der Waals surface area (Å²) in [5.41, 5.74) is 5.96. The number of pyridine rings is 1. The summed E-state index contributed by atoms with van der Waals surface area (Å²) in [6.45, 7) is 7.55. The van der Waals surface area contributed by atoms with Gasteiger partial charge in [0.2, 0.25) is 0 Å². The topological polar surface area (TPSA) is 28.2 Å². The fourth-order valence-electron chi connectivity index (χ4n) is 2.60. The van der Waals surface area contributed by atoms with Gasteiger partial charge in [0.05, 0.1) is 12.2 Å². The van der Waals surface area contributed by atoms with E-state index in [4.69, 9.17) is 0 Å². The first-order valence-corrected chi connectivity index (χ1v) is 6.61. The number of hydrogen-bond acceptors (Lipinski definition) is 3. The Hall–Kier alpha value is -0.930. The molecule has 1 fully saturated rings. The van der Waals surface area contributed by atoms with E-state index < -0.39 is 0 Å². The van der Waals surface area contributed by atoms with Gasteiger partial charge in [-0.1, -0.05) is 12.5 Å². The van der Waals surface area contributed by atoms with Crippen LogP contribution in [0, 0.1) is 6.92 Å². The molecular formula is C14H23N3. The first-order valence-electron chi connectivity index (χ1n) is 6.61. The summed E-state index contributed by atoms with van der Waals surface area (Å²) in [7, 11) is 0. The van der Waals surface area contributed by atoms with E-state index in [0.717, 1.165) is 12.2 Å². The van der Waals surface area contributed by atoms with Crippen molar-refractivity contribution in [3.63, 3.8) is 0 Å². The zero-order valence-corrected chi connectivity index (χ0v) is 11.1. The lowest BCUT2D eigenvalue weighted by Crippen LogP contribution is -2.51. The Balaban J connectivity index is 1.95. The molecule has 2 atom stereocenters. The molecule has 0 radical (unpaired) electrons. The third-order valence-corrected chi connectivity index (χ3v) is 3.74. The Bertz CT molecular complexity index is 354. The van der Waals surface area contributed by atoms with Gasteiger partial charge in [-0.05, 0) is 45.2 Å². The minimum atomic E-state index is 0.628. The lowest BCUT2D eigenvalue weighted by Gasteiger charge is -2.39. The van der Waals surface area contributed by atoms with Crippen LogP contribution in [0.15, 0.2) is 18.3 Å². The Morgan fingerprint density at radius 1 is 1.35 bits per heavy atom. The molecule has 0 bridgehead atoms. The molecule has 1 aromatic rings. The third kappa shape index (κ3) is 3.05. The van der Waals surface area contributed by atoms with E-state index in [1.165, 1.54) is 24.8 Å². The third-order valence-electron chi connectivity index (χ3n) is 3.74. The highest BCUT2D eigenvalue weighted by molar-refractivity contribution is 5.17. The van der Waals surface area contributed by atoms with Crippen LogP contribution in [-0.2, 0) is 6.54 Å². The predicted octanol–water partition coefficient (Wildman–Crippen LogP) is 2.66. The quantitative estimate of drug-likeness (QED) is 0.870. The van der Waals surface area contributed by atoms with Crippen LogP contribution in [0.4, 0.5) is 0 Å². The van der Waals surface area contributed by atoms with E-state index in [2.05, 4.69) is 42.3 Å². The van der Waals surface area contributed by atoms with Crippen LogP contribution in [0.25, 0.3) is 0 Å². The van der Waals surface area contributed by atoms with Gasteiger partial charge in [-0.25, -0.2) is 10.4 Å². The molecule has 1 N–H and O–H groups in total.